The van der Waals surface area contributed by atoms with Gasteiger partial charge in [-0.05, 0) is 36.4 Å². The summed E-state index contributed by atoms with van der Waals surface area (Å²) in [5, 5.41) is 7.44. The van der Waals surface area contributed by atoms with Gasteiger partial charge < -0.3 is 10.1 Å². The molecule has 3 aromatic rings. The molecule has 1 aromatic heterocycles. The summed E-state index contributed by atoms with van der Waals surface area (Å²) in [6, 6.07) is 11.1. The first-order valence-corrected chi connectivity index (χ1v) is 8.82. The Hall–Kier alpha value is -3.26. The van der Waals surface area contributed by atoms with Gasteiger partial charge in [0.05, 0.1) is 12.8 Å². The number of aromatic nitrogens is 1. The zero-order valence-electron chi connectivity index (χ0n) is 14.6. The number of benzene rings is 2. The number of anilines is 2. The average Bonchev–Trinajstić information content (AvgIpc) is 3.09. The summed E-state index contributed by atoms with van der Waals surface area (Å²) in [7, 11) is 1.40. The van der Waals surface area contributed by atoms with Crippen LogP contribution in [0.15, 0.2) is 47.8 Å². The van der Waals surface area contributed by atoms with E-state index in [1.54, 1.807) is 35.7 Å². The second-order valence-corrected chi connectivity index (χ2v) is 6.46. The Kier molecular flexibility index (Phi) is 5.46. The van der Waals surface area contributed by atoms with Gasteiger partial charge in [0.15, 0.2) is 16.7 Å². The van der Waals surface area contributed by atoms with Crippen LogP contribution in [0.2, 0.25) is 0 Å². The number of carbonyl (C=O) groups excluding carboxylic acids is 2. The van der Waals surface area contributed by atoms with E-state index in [4.69, 9.17) is 4.74 Å². The number of nitrogens with one attached hydrogen (secondary N) is 2. The molecule has 0 unspecified atom stereocenters. The molecule has 8 heteroatoms. The largest absolute Gasteiger partial charge is 0.494 e. The maximum atomic E-state index is 13.9. The highest BCUT2D eigenvalue weighted by Gasteiger charge is 2.12. The molecule has 1 heterocycles. The molecule has 0 saturated heterocycles. The first kappa shape index (κ1) is 18.5. The number of nitrogens with zero attached hydrogens (tertiary/aromatic N) is 1. The molecule has 0 atom stereocenters. The van der Waals surface area contributed by atoms with Crippen LogP contribution in [0, 0.1) is 5.82 Å². The van der Waals surface area contributed by atoms with Crippen LogP contribution in [0.4, 0.5) is 15.2 Å². The predicted octanol–water partition coefficient (Wildman–Crippen LogP) is 4.17. The van der Waals surface area contributed by atoms with Gasteiger partial charge >= 0.3 is 0 Å². The fourth-order valence-electron chi connectivity index (χ4n) is 2.40. The van der Waals surface area contributed by atoms with Crippen LogP contribution in [0.25, 0.3) is 11.3 Å². The van der Waals surface area contributed by atoms with Crippen molar-refractivity contribution < 1.29 is 18.7 Å². The minimum absolute atomic E-state index is 0.154. The number of rotatable bonds is 5. The summed E-state index contributed by atoms with van der Waals surface area (Å²) in [5.41, 5.74) is 2.04. The van der Waals surface area contributed by atoms with E-state index in [-0.39, 0.29) is 17.6 Å². The van der Waals surface area contributed by atoms with E-state index in [2.05, 4.69) is 15.6 Å². The SMILES string of the molecule is COc1ccc(-c2csc(NC(=O)c3cccc(NC(C)=O)c3)n2)cc1F. The number of methoxy groups -OCH3 is 1. The minimum atomic E-state index is -0.483. The zero-order chi connectivity index (χ0) is 19.4. The van der Waals surface area contributed by atoms with Crippen molar-refractivity contribution in [2.75, 3.05) is 17.7 Å². The molecular formula is C19H16FN3O3S. The molecule has 0 aliphatic heterocycles. The zero-order valence-corrected chi connectivity index (χ0v) is 15.4. The Labute approximate surface area is 159 Å². The second-order valence-electron chi connectivity index (χ2n) is 5.60. The van der Waals surface area contributed by atoms with Crippen molar-refractivity contribution in [3.8, 4) is 17.0 Å². The second kappa shape index (κ2) is 7.96. The summed E-state index contributed by atoms with van der Waals surface area (Å²) in [6.07, 6.45) is 0. The normalized spacial score (nSPS) is 10.3. The average molecular weight is 385 g/mol. The fraction of sp³-hybridized carbons (Fsp3) is 0.105. The van der Waals surface area contributed by atoms with E-state index >= 15 is 0 Å². The molecule has 0 bridgehead atoms. The van der Waals surface area contributed by atoms with Crippen LogP contribution in [-0.2, 0) is 4.79 Å². The van der Waals surface area contributed by atoms with Crippen molar-refractivity contribution in [2.24, 2.45) is 0 Å². The summed E-state index contributed by atoms with van der Waals surface area (Å²) < 4.78 is 18.8. The molecule has 0 spiro atoms. The summed E-state index contributed by atoms with van der Waals surface area (Å²) in [5.74, 6) is -0.905. The molecule has 0 saturated carbocycles. The van der Waals surface area contributed by atoms with Crippen molar-refractivity contribution in [2.45, 2.75) is 6.92 Å². The van der Waals surface area contributed by atoms with Gasteiger partial charge in [0.2, 0.25) is 5.91 Å². The molecule has 2 N–H and O–H groups in total. The van der Waals surface area contributed by atoms with E-state index in [0.717, 1.165) is 0 Å². The molecular weight excluding hydrogens is 369 g/mol. The molecule has 0 fully saturated rings. The number of carbonyl (C=O) groups is 2. The Morgan fingerprint density at radius 3 is 2.67 bits per heavy atom. The van der Waals surface area contributed by atoms with Crippen LogP contribution in [0.1, 0.15) is 17.3 Å². The molecule has 138 valence electrons. The number of thiazole rings is 1. The van der Waals surface area contributed by atoms with Gasteiger partial charge in [0.25, 0.3) is 5.91 Å². The van der Waals surface area contributed by atoms with Gasteiger partial charge in [0.1, 0.15) is 0 Å². The lowest BCUT2D eigenvalue weighted by Crippen LogP contribution is -2.13. The van der Waals surface area contributed by atoms with Crippen LogP contribution in [-0.4, -0.2) is 23.9 Å². The lowest BCUT2D eigenvalue weighted by molar-refractivity contribution is -0.114. The summed E-state index contributed by atoms with van der Waals surface area (Å²) in [6.45, 7) is 1.39. The molecule has 0 aliphatic rings. The quantitative estimate of drug-likeness (QED) is 0.691. The molecule has 0 radical (unpaired) electrons. The predicted molar refractivity (Wildman–Crippen MR) is 103 cm³/mol. The Morgan fingerprint density at radius 2 is 1.96 bits per heavy atom. The Bertz CT molecular complexity index is 1000. The molecule has 27 heavy (non-hydrogen) atoms. The number of amides is 2. The van der Waals surface area contributed by atoms with Crippen molar-refractivity contribution in [1.82, 2.24) is 4.98 Å². The van der Waals surface area contributed by atoms with E-state index in [1.807, 2.05) is 0 Å². The highest BCUT2D eigenvalue weighted by Crippen LogP contribution is 2.28. The summed E-state index contributed by atoms with van der Waals surface area (Å²) in [4.78, 5) is 27.9. The van der Waals surface area contributed by atoms with Crippen LogP contribution >= 0.6 is 11.3 Å². The maximum absolute atomic E-state index is 13.9. The third-order valence-corrected chi connectivity index (χ3v) is 4.38. The van der Waals surface area contributed by atoms with E-state index in [9.17, 15) is 14.0 Å². The molecule has 2 amide bonds. The first-order chi connectivity index (χ1) is 13.0. The highest BCUT2D eigenvalue weighted by atomic mass is 32.1. The molecule has 6 nitrogen and oxygen atoms in total. The molecule has 3 rings (SSSR count). The van der Waals surface area contributed by atoms with E-state index in [0.29, 0.717) is 27.6 Å². The van der Waals surface area contributed by atoms with Crippen LogP contribution in [0.3, 0.4) is 0 Å². The smallest absolute Gasteiger partial charge is 0.257 e. The van der Waals surface area contributed by atoms with Gasteiger partial charge in [-0.3, -0.25) is 14.9 Å². The number of ether oxygens (including phenoxy) is 1. The number of halogens is 1. The van der Waals surface area contributed by atoms with Gasteiger partial charge in [0, 0.05) is 29.1 Å². The minimum Gasteiger partial charge on any atom is -0.494 e. The third-order valence-electron chi connectivity index (χ3n) is 3.62. The Balaban J connectivity index is 1.75. The van der Waals surface area contributed by atoms with Crippen LogP contribution < -0.4 is 15.4 Å². The third kappa shape index (κ3) is 4.48. The van der Waals surface area contributed by atoms with Crippen molar-refractivity contribution in [3.05, 3.63) is 59.2 Å². The van der Waals surface area contributed by atoms with Crippen molar-refractivity contribution >= 4 is 34.0 Å². The van der Waals surface area contributed by atoms with E-state index < -0.39 is 5.82 Å². The van der Waals surface area contributed by atoms with E-state index in [1.165, 1.54) is 37.5 Å². The number of hydrogen-bond acceptors (Lipinski definition) is 5. The van der Waals surface area contributed by atoms with Gasteiger partial charge in [-0.1, -0.05) is 6.07 Å². The van der Waals surface area contributed by atoms with Gasteiger partial charge in [-0.15, -0.1) is 11.3 Å². The lowest BCUT2D eigenvalue weighted by Gasteiger charge is -2.05. The van der Waals surface area contributed by atoms with Gasteiger partial charge in [-0.2, -0.15) is 0 Å². The van der Waals surface area contributed by atoms with Gasteiger partial charge in [-0.25, -0.2) is 9.37 Å². The highest BCUT2D eigenvalue weighted by molar-refractivity contribution is 7.14. The van der Waals surface area contributed by atoms with Crippen molar-refractivity contribution in [3.63, 3.8) is 0 Å². The molecule has 0 aliphatic carbocycles. The fourth-order valence-corrected chi connectivity index (χ4v) is 3.11. The lowest BCUT2D eigenvalue weighted by atomic mass is 10.1. The number of hydrogen-bond donors (Lipinski definition) is 2. The van der Waals surface area contributed by atoms with Crippen molar-refractivity contribution in [1.29, 1.82) is 0 Å². The Morgan fingerprint density at radius 1 is 1.15 bits per heavy atom. The molecule has 2 aromatic carbocycles. The maximum Gasteiger partial charge on any atom is 0.257 e. The standard InChI is InChI=1S/C19H16FN3O3S/c1-11(24)21-14-5-3-4-13(8-14)18(25)23-19-22-16(10-27-19)12-6-7-17(26-2)15(20)9-12/h3-10H,1-2H3,(H,21,24)(H,22,23,25). The topological polar surface area (TPSA) is 80.3 Å². The monoisotopic (exact) mass is 385 g/mol. The summed E-state index contributed by atoms with van der Waals surface area (Å²) >= 11 is 1.23. The van der Waals surface area contributed by atoms with Crippen LogP contribution in [0.5, 0.6) is 5.75 Å². The first-order valence-electron chi connectivity index (χ1n) is 7.94.